The average Bonchev–Trinajstić information content (AvgIpc) is 3.48. The lowest BCUT2D eigenvalue weighted by atomic mass is 10.1. The number of furan rings is 1. The molecule has 1 aromatic heterocycles. The molecule has 2 saturated heterocycles. The first-order valence-corrected chi connectivity index (χ1v) is 9.76. The van der Waals surface area contributed by atoms with Crippen LogP contribution >= 0.6 is 0 Å². The Morgan fingerprint density at radius 2 is 1.69 bits per heavy atom. The molecule has 0 saturated carbocycles. The summed E-state index contributed by atoms with van der Waals surface area (Å²) in [5, 5.41) is 2.72. The molecule has 3 heterocycles. The van der Waals surface area contributed by atoms with Gasteiger partial charge in [-0.1, -0.05) is 0 Å². The number of carbonyl (C=O) groups is 3. The van der Waals surface area contributed by atoms with E-state index in [2.05, 4.69) is 5.32 Å². The van der Waals surface area contributed by atoms with Gasteiger partial charge in [0.1, 0.15) is 6.10 Å². The number of amides is 3. The summed E-state index contributed by atoms with van der Waals surface area (Å²) in [5.74, 6) is -0.175. The predicted molar refractivity (Wildman–Crippen MR) is 105 cm³/mol. The summed E-state index contributed by atoms with van der Waals surface area (Å²) in [6, 6.07) is 9.96. The Hall–Kier alpha value is -3.13. The summed E-state index contributed by atoms with van der Waals surface area (Å²) in [7, 11) is 0. The number of rotatable bonds is 4. The fourth-order valence-corrected chi connectivity index (χ4v) is 3.59. The highest BCUT2D eigenvalue weighted by Gasteiger charge is 2.31. The second-order valence-corrected chi connectivity index (χ2v) is 7.13. The van der Waals surface area contributed by atoms with E-state index in [4.69, 9.17) is 9.15 Å². The number of hydrogen-bond donors (Lipinski definition) is 1. The van der Waals surface area contributed by atoms with E-state index < -0.39 is 0 Å². The summed E-state index contributed by atoms with van der Waals surface area (Å²) in [5.41, 5.74) is 1.12. The molecule has 29 heavy (non-hydrogen) atoms. The van der Waals surface area contributed by atoms with Gasteiger partial charge in [0, 0.05) is 44.0 Å². The minimum atomic E-state index is -0.346. The molecule has 1 aromatic carbocycles. The van der Waals surface area contributed by atoms with Crippen molar-refractivity contribution < 1.29 is 23.5 Å². The maximum absolute atomic E-state index is 12.7. The highest BCUT2D eigenvalue weighted by Crippen LogP contribution is 2.18. The van der Waals surface area contributed by atoms with Crippen LogP contribution in [0.4, 0.5) is 5.69 Å². The van der Waals surface area contributed by atoms with E-state index in [1.807, 2.05) is 0 Å². The molecule has 0 spiro atoms. The van der Waals surface area contributed by atoms with Crippen molar-refractivity contribution in [2.45, 2.75) is 18.9 Å². The highest BCUT2D eigenvalue weighted by atomic mass is 16.5. The first kappa shape index (κ1) is 19.2. The van der Waals surface area contributed by atoms with Crippen LogP contribution in [0.5, 0.6) is 0 Å². The quantitative estimate of drug-likeness (QED) is 0.852. The van der Waals surface area contributed by atoms with Crippen molar-refractivity contribution in [2.24, 2.45) is 0 Å². The lowest BCUT2D eigenvalue weighted by Crippen LogP contribution is -2.52. The lowest BCUT2D eigenvalue weighted by Gasteiger charge is -2.35. The van der Waals surface area contributed by atoms with Crippen LogP contribution in [0.3, 0.4) is 0 Å². The van der Waals surface area contributed by atoms with E-state index in [1.165, 1.54) is 6.26 Å². The molecule has 152 valence electrons. The smallest absolute Gasteiger partial charge is 0.291 e. The number of benzene rings is 1. The number of nitrogens with one attached hydrogen (secondary N) is 1. The van der Waals surface area contributed by atoms with Crippen molar-refractivity contribution >= 4 is 23.4 Å². The van der Waals surface area contributed by atoms with Gasteiger partial charge in [0.2, 0.25) is 0 Å². The average molecular weight is 397 g/mol. The maximum Gasteiger partial charge on any atom is 0.291 e. The van der Waals surface area contributed by atoms with Gasteiger partial charge in [0.25, 0.3) is 17.7 Å². The van der Waals surface area contributed by atoms with Crippen molar-refractivity contribution in [2.75, 3.05) is 38.1 Å². The normalized spacial score (nSPS) is 19.2. The molecule has 2 aliphatic rings. The van der Waals surface area contributed by atoms with Crippen LogP contribution in [0.15, 0.2) is 47.1 Å². The molecule has 1 unspecified atom stereocenters. The van der Waals surface area contributed by atoms with Crippen LogP contribution in [0, 0.1) is 0 Å². The Balaban J connectivity index is 1.30. The Labute approximate surface area is 168 Å². The molecule has 0 radical (unpaired) electrons. The molecule has 8 heteroatoms. The Morgan fingerprint density at radius 3 is 2.31 bits per heavy atom. The van der Waals surface area contributed by atoms with Crippen molar-refractivity contribution in [1.29, 1.82) is 0 Å². The number of hydrogen-bond acceptors (Lipinski definition) is 5. The number of piperazine rings is 1. The third kappa shape index (κ3) is 4.32. The van der Waals surface area contributed by atoms with Crippen LogP contribution in [0.1, 0.15) is 33.8 Å². The number of carbonyl (C=O) groups excluding carboxylic acids is 3. The van der Waals surface area contributed by atoms with E-state index in [9.17, 15) is 14.4 Å². The molecule has 0 bridgehead atoms. The maximum atomic E-state index is 12.7. The zero-order valence-corrected chi connectivity index (χ0v) is 16.0. The lowest BCUT2D eigenvalue weighted by molar-refractivity contribution is -0.142. The van der Waals surface area contributed by atoms with Gasteiger partial charge in [0.05, 0.1) is 6.26 Å². The monoisotopic (exact) mass is 397 g/mol. The molecule has 4 rings (SSSR count). The third-order valence-corrected chi connectivity index (χ3v) is 5.22. The fraction of sp³-hybridized carbons (Fsp3) is 0.381. The Morgan fingerprint density at radius 1 is 0.966 bits per heavy atom. The SMILES string of the molecule is O=C(Nc1ccc(C(=O)N2CCN(C(=O)C3CCCO3)CC2)cc1)c1ccco1. The highest BCUT2D eigenvalue weighted by molar-refractivity contribution is 6.02. The van der Waals surface area contributed by atoms with Crippen LogP contribution in [0.2, 0.25) is 0 Å². The van der Waals surface area contributed by atoms with Gasteiger partial charge in [-0.2, -0.15) is 0 Å². The molecule has 1 atom stereocenters. The first-order valence-electron chi connectivity index (χ1n) is 9.76. The van der Waals surface area contributed by atoms with Crippen LogP contribution < -0.4 is 5.32 Å². The Bertz CT molecular complexity index is 864. The molecule has 8 nitrogen and oxygen atoms in total. The fourth-order valence-electron chi connectivity index (χ4n) is 3.59. The molecule has 1 N–H and O–H groups in total. The van der Waals surface area contributed by atoms with Gasteiger partial charge in [-0.15, -0.1) is 0 Å². The molecular weight excluding hydrogens is 374 g/mol. The van der Waals surface area contributed by atoms with Gasteiger partial charge in [-0.25, -0.2) is 0 Å². The summed E-state index contributed by atoms with van der Waals surface area (Å²) < 4.78 is 10.5. The second kappa shape index (κ2) is 8.48. The molecule has 0 aliphatic carbocycles. The standard InChI is InChI=1S/C21H23N3O5/c25-19(17-3-1-13-28-17)22-16-7-5-15(6-8-16)20(26)23-9-11-24(12-10-23)21(27)18-4-2-14-29-18/h1,3,5-8,13,18H,2,4,9-12,14H2,(H,22,25). The van der Waals surface area contributed by atoms with Crippen LogP contribution in [-0.4, -0.2) is 66.4 Å². The molecule has 2 fully saturated rings. The number of anilines is 1. The second-order valence-electron chi connectivity index (χ2n) is 7.13. The van der Waals surface area contributed by atoms with Crippen molar-refractivity contribution in [3.63, 3.8) is 0 Å². The molecule has 2 aliphatic heterocycles. The summed E-state index contributed by atoms with van der Waals surface area (Å²) >= 11 is 0. The Kier molecular flexibility index (Phi) is 5.62. The van der Waals surface area contributed by atoms with Gasteiger partial charge in [-0.05, 0) is 49.2 Å². The van der Waals surface area contributed by atoms with Crippen LogP contribution in [-0.2, 0) is 9.53 Å². The zero-order chi connectivity index (χ0) is 20.2. The predicted octanol–water partition coefficient (Wildman–Crippen LogP) is 2.00. The van der Waals surface area contributed by atoms with E-state index in [0.29, 0.717) is 44.0 Å². The first-order chi connectivity index (χ1) is 14.1. The van der Waals surface area contributed by atoms with Crippen molar-refractivity contribution in [3.05, 3.63) is 54.0 Å². The van der Waals surface area contributed by atoms with E-state index in [-0.39, 0.29) is 29.6 Å². The minimum absolute atomic E-state index is 0.0336. The third-order valence-electron chi connectivity index (χ3n) is 5.22. The van der Waals surface area contributed by atoms with Gasteiger partial charge in [-0.3, -0.25) is 14.4 Å². The van der Waals surface area contributed by atoms with Gasteiger partial charge >= 0.3 is 0 Å². The van der Waals surface area contributed by atoms with E-state index in [0.717, 1.165) is 12.8 Å². The summed E-state index contributed by atoms with van der Waals surface area (Å²) in [6.45, 7) is 2.67. The van der Waals surface area contributed by atoms with Gasteiger partial charge in [0.15, 0.2) is 5.76 Å². The van der Waals surface area contributed by atoms with Gasteiger partial charge < -0.3 is 24.3 Å². The van der Waals surface area contributed by atoms with Crippen LogP contribution in [0.25, 0.3) is 0 Å². The summed E-state index contributed by atoms with van der Waals surface area (Å²) in [6.07, 6.45) is 2.82. The molecular formula is C21H23N3O5. The minimum Gasteiger partial charge on any atom is -0.459 e. The number of ether oxygens (including phenoxy) is 1. The molecule has 3 amide bonds. The van der Waals surface area contributed by atoms with Crippen molar-refractivity contribution in [3.8, 4) is 0 Å². The number of nitrogens with zero attached hydrogens (tertiary/aromatic N) is 2. The largest absolute Gasteiger partial charge is 0.459 e. The van der Waals surface area contributed by atoms with E-state index in [1.54, 1.807) is 46.2 Å². The summed E-state index contributed by atoms with van der Waals surface area (Å²) in [4.78, 5) is 40.7. The zero-order valence-electron chi connectivity index (χ0n) is 16.0. The van der Waals surface area contributed by atoms with Crippen molar-refractivity contribution in [1.82, 2.24) is 9.80 Å². The topological polar surface area (TPSA) is 92.1 Å². The van der Waals surface area contributed by atoms with E-state index >= 15 is 0 Å². The molecule has 2 aromatic rings.